The zero-order chi connectivity index (χ0) is 20.2. The first-order valence-electron chi connectivity index (χ1n) is 10.0. The standard InChI is InChI=1S/C23H26O5/c1-6-8-13-11-16(24)27-22-17(13)21-14(9-10-23(4,5)28-21)20-18(22)19(25)12(3)15(7-2)26-20/h9-12,15H,6-8H2,1-5H3. The third-order valence-corrected chi connectivity index (χ3v) is 5.64. The van der Waals surface area contributed by atoms with Gasteiger partial charge in [0, 0.05) is 6.07 Å². The first-order chi connectivity index (χ1) is 13.3. The molecule has 0 saturated carbocycles. The van der Waals surface area contributed by atoms with Crippen LogP contribution in [0.5, 0.6) is 11.5 Å². The van der Waals surface area contributed by atoms with Crippen molar-refractivity contribution in [3.8, 4) is 11.5 Å². The maximum Gasteiger partial charge on any atom is 0.336 e. The summed E-state index contributed by atoms with van der Waals surface area (Å²) in [7, 11) is 0. The summed E-state index contributed by atoms with van der Waals surface area (Å²) in [6, 6.07) is 1.51. The predicted octanol–water partition coefficient (Wildman–Crippen LogP) is 4.92. The van der Waals surface area contributed by atoms with E-state index in [1.807, 2.05) is 39.8 Å². The van der Waals surface area contributed by atoms with Crippen molar-refractivity contribution in [1.82, 2.24) is 0 Å². The molecule has 1 aromatic carbocycles. The first-order valence-corrected chi connectivity index (χ1v) is 10.0. The summed E-state index contributed by atoms with van der Waals surface area (Å²) in [4.78, 5) is 25.6. The number of hydrogen-bond donors (Lipinski definition) is 0. The highest BCUT2D eigenvalue weighted by atomic mass is 16.5. The van der Waals surface area contributed by atoms with E-state index in [2.05, 4.69) is 6.92 Å². The van der Waals surface area contributed by atoms with Crippen molar-refractivity contribution in [2.24, 2.45) is 5.92 Å². The Kier molecular flexibility index (Phi) is 4.36. The number of carbonyl (C=O) groups is 1. The second kappa shape index (κ2) is 6.50. The molecule has 0 spiro atoms. The van der Waals surface area contributed by atoms with Gasteiger partial charge in [0.1, 0.15) is 28.8 Å². The molecule has 3 heterocycles. The fourth-order valence-corrected chi connectivity index (χ4v) is 4.18. The average molecular weight is 382 g/mol. The van der Waals surface area contributed by atoms with E-state index >= 15 is 0 Å². The fourth-order valence-electron chi connectivity index (χ4n) is 4.18. The SMILES string of the molecule is CCCc1cc(=O)oc2c3c(c4c(c12)OC(C)(C)C=C4)OC(CC)C(C)C3=O. The lowest BCUT2D eigenvalue weighted by Crippen LogP contribution is -2.37. The Morgan fingerprint density at radius 1 is 1.14 bits per heavy atom. The van der Waals surface area contributed by atoms with E-state index in [0.29, 0.717) is 34.5 Å². The molecule has 0 aliphatic carbocycles. The Morgan fingerprint density at radius 3 is 2.57 bits per heavy atom. The smallest absolute Gasteiger partial charge is 0.336 e. The van der Waals surface area contributed by atoms with E-state index in [0.717, 1.165) is 24.0 Å². The minimum atomic E-state index is -0.510. The molecule has 4 rings (SSSR count). The molecule has 2 aromatic rings. The third-order valence-electron chi connectivity index (χ3n) is 5.64. The van der Waals surface area contributed by atoms with Gasteiger partial charge >= 0.3 is 5.63 Å². The molecular weight excluding hydrogens is 356 g/mol. The van der Waals surface area contributed by atoms with Crippen molar-refractivity contribution in [2.45, 2.75) is 65.6 Å². The first kappa shape index (κ1) is 18.8. The number of benzene rings is 1. The third kappa shape index (κ3) is 2.76. The second-order valence-corrected chi connectivity index (χ2v) is 8.25. The highest BCUT2D eigenvalue weighted by Crippen LogP contribution is 2.49. The molecule has 2 atom stereocenters. The number of rotatable bonds is 3. The van der Waals surface area contributed by atoms with Crippen LogP contribution >= 0.6 is 0 Å². The summed E-state index contributed by atoms with van der Waals surface area (Å²) in [5, 5.41) is 0.715. The van der Waals surface area contributed by atoms with Crippen molar-refractivity contribution < 1.29 is 18.7 Å². The molecule has 2 unspecified atom stereocenters. The van der Waals surface area contributed by atoms with Gasteiger partial charge in [-0.15, -0.1) is 0 Å². The topological polar surface area (TPSA) is 65.7 Å². The molecule has 148 valence electrons. The average Bonchev–Trinajstić information content (AvgIpc) is 2.63. The zero-order valence-corrected chi connectivity index (χ0v) is 17.0. The normalized spacial score (nSPS) is 22.4. The van der Waals surface area contributed by atoms with Gasteiger partial charge in [0.05, 0.1) is 16.9 Å². The van der Waals surface area contributed by atoms with Gasteiger partial charge in [-0.2, -0.15) is 0 Å². The number of Topliss-reactive ketones (excluding diaryl/α,β-unsaturated/α-hetero) is 1. The number of carbonyl (C=O) groups excluding carboxylic acids is 1. The molecule has 2 aliphatic rings. The Bertz CT molecular complexity index is 1060. The van der Waals surface area contributed by atoms with Crippen molar-refractivity contribution in [3.63, 3.8) is 0 Å². The molecule has 0 fully saturated rings. The Hall–Kier alpha value is -2.56. The largest absolute Gasteiger partial charge is 0.488 e. The molecule has 5 heteroatoms. The van der Waals surface area contributed by atoms with Gasteiger partial charge in [-0.3, -0.25) is 4.79 Å². The van der Waals surface area contributed by atoms with Gasteiger partial charge in [-0.25, -0.2) is 4.79 Å². The maximum atomic E-state index is 13.3. The summed E-state index contributed by atoms with van der Waals surface area (Å²) >= 11 is 0. The lowest BCUT2D eigenvalue weighted by molar-refractivity contribution is 0.0680. The lowest BCUT2D eigenvalue weighted by Gasteiger charge is -2.35. The molecule has 0 bridgehead atoms. The van der Waals surface area contributed by atoms with E-state index in [-0.39, 0.29) is 17.8 Å². The molecule has 1 aromatic heterocycles. The molecule has 2 aliphatic heterocycles. The Morgan fingerprint density at radius 2 is 1.89 bits per heavy atom. The van der Waals surface area contributed by atoms with Crippen LogP contribution in [0, 0.1) is 5.92 Å². The Balaban J connectivity index is 2.16. The van der Waals surface area contributed by atoms with Crippen molar-refractivity contribution in [3.05, 3.63) is 39.3 Å². The fraction of sp³-hybridized carbons (Fsp3) is 0.478. The molecule has 0 amide bonds. The monoisotopic (exact) mass is 382 g/mol. The van der Waals surface area contributed by atoms with Crippen LogP contribution in [0.1, 0.15) is 68.9 Å². The molecule has 5 nitrogen and oxygen atoms in total. The van der Waals surface area contributed by atoms with E-state index in [9.17, 15) is 9.59 Å². The van der Waals surface area contributed by atoms with Gasteiger partial charge in [0.15, 0.2) is 11.4 Å². The molecule has 0 saturated heterocycles. The maximum absolute atomic E-state index is 13.3. The summed E-state index contributed by atoms with van der Waals surface area (Å²) < 4.78 is 18.2. The van der Waals surface area contributed by atoms with Crippen LogP contribution in [0.4, 0.5) is 0 Å². The van der Waals surface area contributed by atoms with Crippen molar-refractivity contribution in [1.29, 1.82) is 0 Å². The van der Waals surface area contributed by atoms with Gasteiger partial charge in [-0.1, -0.05) is 27.2 Å². The van der Waals surface area contributed by atoms with Gasteiger partial charge in [-0.05, 0) is 44.4 Å². The van der Waals surface area contributed by atoms with Crippen molar-refractivity contribution >= 4 is 22.8 Å². The predicted molar refractivity (Wildman–Crippen MR) is 108 cm³/mol. The minimum absolute atomic E-state index is 0.0454. The van der Waals surface area contributed by atoms with E-state index in [4.69, 9.17) is 13.9 Å². The van der Waals surface area contributed by atoms with Crippen LogP contribution in [0.25, 0.3) is 17.0 Å². The van der Waals surface area contributed by atoms with Crippen LogP contribution < -0.4 is 15.1 Å². The molecule has 28 heavy (non-hydrogen) atoms. The number of ketones is 1. The van der Waals surface area contributed by atoms with Gasteiger partial charge < -0.3 is 13.9 Å². The highest BCUT2D eigenvalue weighted by molar-refractivity contribution is 6.14. The lowest BCUT2D eigenvalue weighted by atomic mass is 9.85. The van der Waals surface area contributed by atoms with E-state index in [1.165, 1.54) is 6.07 Å². The van der Waals surface area contributed by atoms with Crippen LogP contribution in [-0.2, 0) is 6.42 Å². The number of ether oxygens (including phenoxy) is 2. The van der Waals surface area contributed by atoms with Gasteiger partial charge in [0.25, 0.3) is 0 Å². The minimum Gasteiger partial charge on any atom is -0.488 e. The van der Waals surface area contributed by atoms with Crippen LogP contribution in [-0.4, -0.2) is 17.5 Å². The van der Waals surface area contributed by atoms with E-state index in [1.54, 1.807) is 0 Å². The van der Waals surface area contributed by atoms with Crippen LogP contribution in [0.2, 0.25) is 0 Å². The van der Waals surface area contributed by atoms with Crippen LogP contribution in [0.3, 0.4) is 0 Å². The number of hydrogen-bond acceptors (Lipinski definition) is 5. The molecule has 0 N–H and O–H groups in total. The molecule has 0 radical (unpaired) electrons. The van der Waals surface area contributed by atoms with E-state index < -0.39 is 11.2 Å². The van der Waals surface area contributed by atoms with Gasteiger partial charge in [0.2, 0.25) is 0 Å². The van der Waals surface area contributed by atoms with Crippen molar-refractivity contribution in [2.75, 3.05) is 0 Å². The molecular formula is C23H26O5. The highest BCUT2D eigenvalue weighted by Gasteiger charge is 2.40. The summed E-state index contributed by atoms with van der Waals surface area (Å²) in [6.45, 7) is 9.87. The summed E-state index contributed by atoms with van der Waals surface area (Å²) in [5.74, 6) is 0.756. The second-order valence-electron chi connectivity index (χ2n) is 8.25. The van der Waals surface area contributed by atoms with Crippen LogP contribution in [0.15, 0.2) is 21.4 Å². The summed E-state index contributed by atoms with van der Waals surface area (Å²) in [5.41, 5.74) is 1.30. The quantitative estimate of drug-likeness (QED) is 0.705. The number of aryl methyl sites for hydroxylation is 1. The zero-order valence-electron chi connectivity index (χ0n) is 17.0. The summed E-state index contributed by atoms with van der Waals surface area (Å²) in [6.07, 6.45) is 6.00. The number of fused-ring (bicyclic) bond motifs is 6. The Labute approximate surface area is 164 Å².